The van der Waals surface area contributed by atoms with Crippen LogP contribution in [-0.2, 0) is 0 Å². The third-order valence-electron chi connectivity index (χ3n) is 1.53. The molecule has 1 rings (SSSR count). The first-order valence-electron chi connectivity index (χ1n) is 3.18. The molecule has 0 aliphatic heterocycles. The minimum Gasteiger partial charge on any atom is -0.0933 e. The van der Waals surface area contributed by atoms with Crippen molar-refractivity contribution in [3.05, 3.63) is 11.6 Å². The Bertz CT molecular complexity index is 82.4. The summed E-state index contributed by atoms with van der Waals surface area (Å²) < 4.78 is 0. The van der Waals surface area contributed by atoms with Gasteiger partial charge in [-0.2, -0.15) is 0 Å². The Morgan fingerprint density at radius 2 is 2.25 bits per heavy atom. The second kappa shape index (κ2) is 3.13. The topological polar surface area (TPSA) is 0 Å². The van der Waals surface area contributed by atoms with Gasteiger partial charge in [0, 0.05) is 5.54 Å². The molecule has 0 N–H and O–H groups in total. The van der Waals surface area contributed by atoms with Gasteiger partial charge in [-0.15, -0.1) is 0 Å². The number of hydrogen-bond donors (Lipinski definition) is 0. The average molecular weight is 131 g/mol. The van der Waals surface area contributed by atoms with Gasteiger partial charge in [-0.3, -0.25) is 0 Å². The van der Waals surface area contributed by atoms with Gasteiger partial charge in [-0.25, -0.2) is 0 Å². The Hall–Kier alpha value is 0.0300. The molecule has 0 nitrogen and oxygen atoms in total. The van der Waals surface area contributed by atoms with Crippen LogP contribution < -0.4 is 0 Å². The lowest BCUT2D eigenvalue weighted by Gasteiger charge is -1.86. The van der Waals surface area contributed by atoms with Crippen LogP contribution in [0.15, 0.2) is 11.6 Å². The van der Waals surface area contributed by atoms with E-state index < -0.39 is 0 Å². The van der Waals surface area contributed by atoms with Crippen LogP contribution >= 0.6 is 11.6 Å². The molecule has 1 aliphatic rings. The summed E-state index contributed by atoms with van der Waals surface area (Å²) in [4.78, 5) is 0. The maximum atomic E-state index is 5.32. The fourth-order valence-corrected chi connectivity index (χ4v) is 0.927. The zero-order valence-corrected chi connectivity index (χ0v) is 5.69. The van der Waals surface area contributed by atoms with Crippen LogP contribution in [0.4, 0.5) is 0 Å². The summed E-state index contributed by atoms with van der Waals surface area (Å²) in [7, 11) is 0. The van der Waals surface area contributed by atoms with Gasteiger partial charge in [0.05, 0.1) is 0 Å². The van der Waals surface area contributed by atoms with Crippen LogP contribution in [0.2, 0.25) is 0 Å². The zero-order valence-electron chi connectivity index (χ0n) is 4.94. The van der Waals surface area contributed by atoms with Gasteiger partial charge >= 0.3 is 0 Å². The van der Waals surface area contributed by atoms with Crippen molar-refractivity contribution in [3.8, 4) is 0 Å². The first-order chi connectivity index (χ1) is 3.93. The summed E-state index contributed by atoms with van der Waals surface area (Å²) in [5.74, 6) is 1.04. The fraction of sp³-hybridized carbons (Fsp3) is 0.714. The molecular weight excluding hydrogens is 120 g/mol. The molecule has 0 unspecified atom stereocenters. The largest absolute Gasteiger partial charge is 0.0933 e. The number of halogens is 1. The van der Waals surface area contributed by atoms with Crippen molar-refractivity contribution in [2.24, 2.45) is 5.92 Å². The summed E-state index contributed by atoms with van der Waals surface area (Å²) >= 11 is 5.32. The summed E-state index contributed by atoms with van der Waals surface area (Å²) in [6.07, 6.45) is 7.46. The predicted molar refractivity (Wildman–Crippen MR) is 37.0 cm³/mol. The van der Waals surface area contributed by atoms with Gasteiger partial charge in [-0.05, 0) is 18.8 Å². The fourth-order valence-electron chi connectivity index (χ4n) is 0.801. The minimum absolute atomic E-state index is 1.04. The molecular formula is C7H11Cl. The van der Waals surface area contributed by atoms with Gasteiger partial charge in [0.2, 0.25) is 0 Å². The van der Waals surface area contributed by atoms with E-state index in [0.29, 0.717) is 0 Å². The number of allylic oxidation sites excluding steroid dienone is 1. The standard InChI is InChI=1S/C7H11Cl/c8-6-2-1-3-7-4-5-7/h2,6-7H,1,3-5H2/b6-2-. The Balaban J connectivity index is 1.88. The third-order valence-corrected chi connectivity index (χ3v) is 1.71. The van der Waals surface area contributed by atoms with Crippen molar-refractivity contribution in [2.45, 2.75) is 25.7 Å². The Morgan fingerprint density at radius 3 is 2.75 bits per heavy atom. The molecule has 0 saturated heterocycles. The van der Waals surface area contributed by atoms with E-state index in [1.165, 1.54) is 25.7 Å². The minimum atomic E-state index is 1.04. The molecule has 8 heavy (non-hydrogen) atoms. The van der Waals surface area contributed by atoms with Gasteiger partial charge < -0.3 is 0 Å². The second-order valence-corrected chi connectivity index (χ2v) is 2.63. The zero-order chi connectivity index (χ0) is 5.82. The van der Waals surface area contributed by atoms with E-state index in [0.717, 1.165) is 5.92 Å². The second-order valence-electron chi connectivity index (χ2n) is 2.38. The van der Waals surface area contributed by atoms with E-state index in [-0.39, 0.29) is 0 Å². The van der Waals surface area contributed by atoms with E-state index in [1.54, 1.807) is 5.54 Å². The van der Waals surface area contributed by atoms with E-state index >= 15 is 0 Å². The van der Waals surface area contributed by atoms with Crippen molar-refractivity contribution in [1.29, 1.82) is 0 Å². The summed E-state index contributed by atoms with van der Waals surface area (Å²) in [5.41, 5.74) is 1.61. The number of rotatable bonds is 3. The molecule has 0 aromatic heterocycles. The molecule has 0 aromatic carbocycles. The van der Waals surface area contributed by atoms with Crippen LogP contribution in [-0.4, -0.2) is 0 Å². The molecule has 0 atom stereocenters. The van der Waals surface area contributed by atoms with Gasteiger partial charge in [-0.1, -0.05) is 30.5 Å². The summed E-state index contributed by atoms with van der Waals surface area (Å²) in [6, 6.07) is 0. The maximum Gasteiger partial charge on any atom is 0.000245 e. The van der Waals surface area contributed by atoms with Crippen molar-refractivity contribution < 1.29 is 0 Å². The molecule has 0 amide bonds. The smallest absolute Gasteiger partial charge is 0.000245 e. The maximum absolute atomic E-state index is 5.32. The normalized spacial score (nSPS) is 20.1. The Labute approximate surface area is 55.5 Å². The molecule has 1 fully saturated rings. The summed E-state index contributed by atoms with van der Waals surface area (Å²) in [5, 5.41) is 0. The monoisotopic (exact) mass is 130 g/mol. The highest BCUT2D eigenvalue weighted by Crippen LogP contribution is 2.33. The van der Waals surface area contributed by atoms with Crippen molar-refractivity contribution in [1.82, 2.24) is 0 Å². The molecule has 0 bridgehead atoms. The highest BCUT2D eigenvalue weighted by molar-refractivity contribution is 6.25. The van der Waals surface area contributed by atoms with Gasteiger partial charge in [0.1, 0.15) is 0 Å². The van der Waals surface area contributed by atoms with Gasteiger partial charge in [0.25, 0.3) is 0 Å². The summed E-state index contributed by atoms with van der Waals surface area (Å²) in [6.45, 7) is 0. The van der Waals surface area contributed by atoms with Crippen LogP contribution in [0.1, 0.15) is 25.7 Å². The van der Waals surface area contributed by atoms with Crippen LogP contribution in [0, 0.1) is 5.92 Å². The first kappa shape index (κ1) is 6.15. The molecule has 46 valence electrons. The lowest BCUT2D eigenvalue weighted by Crippen LogP contribution is -1.70. The highest BCUT2D eigenvalue weighted by atomic mass is 35.5. The van der Waals surface area contributed by atoms with Crippen molar-refractivity contribution >= 4 is 11.6 Å². The molecule has 1 saturated carbocycles. The Kier molecular flexibility index (Phi) is 2.41. The molecule has 0 spiro atoms. The quantitative estimate of drug-likeness (QED) is 0.551. The molecule has 0 radical (unpaired) electrons. The molecule has 0 heterocycles. The molecule has 1 heteroatoms. The predicted octanol–water partition coefficient (Wildman–Crippen LogP) is 2.93. The van der Waals surface area contributed by atoms with Crippen molar-refractivity contribution in [3.63, 3.8) is 0 Å². The van der Waals surface area contributed by atoms with Crippen LogP contribution in [0.5, 0.6) is 0 Å². The average Bonchev–Trinajstić information content (AvgIpc) is 2.51. The van der Waals surface area contributed by atoms with Crippen molar-refractivity contribution in [2.75, 3.05) is 0 Å². The highest BCUT2D eigenvalue weighted by Gasteiger charge is 2.19. The lowest BCUT2D eigenvalue weighted by atomic mass is 10.2. The number of hydrogen-bond acceptors (Lipinski definition) is 0. The van der Waals surface area contributed by atoms with Crippen LogP contribution in [0.3, 0.4) is 0 Å². The van der Waals surface area contributed by atoms with Gasteiger partial charge in [0.15, 0.2) is 0 Å². The van der Waals surface area contributed by atoms with E-state index in [2.05, 4.69) is 0 Å². The molecule has 1 aliphatic carbocycles. The third kappa shape index (κ3) is 2.37. The Morgan fingerprint density at radius 1 is 1.50 bits per heavy atom. The van der Waals surface area contributed by atoms with E-state index in [9.17, 15) is 0 Å². The SMILES string of the molecule is Cl/C=C\CCC1CC1. The van der Waals surface area contributed by atoms with Crippen LogP contribution in [0.25, 0.3) is 0 Å². The van der Waals surface area contributed by atoms with E-state index in [1.807, 2.05) is 6.08 Å². The molecule has 0 aromatic rings. The first-order valence-corrected chi connectivity index (χ1v) is 3.62. The lowest BCUT2D eigenvalue weighted by molar-refractivity contribution is 0.742. The van der Waals surface area contributed by atoms with E-state index in [4.69, 9.17) is 11.6 Å².